The number of anilines is 1. The summed E-state index contributed by atoms with van der Waals surface area (Å²) in [6, 6.07) is 10.5. The van der Waals surface area contributed by atoms with Crippen molar-refractivity contribution in [1.29, 1.82) is 5.26 Å². The molecule has 3 fully saturated rings. The number of hydrogen-bond donors (Lipinski definition) is 1. The Morgan fingerprint density at radius 2 is 2.03 bits per heavy atom. The van der Waals surface area contributed by atoms with Crippen molar-refractivity contribution in [2.75, 3.05) is 24.5 Å². The zero-order valence-electron chi connectivity index (χ0n) is 17.9. The predicted octanol–water partition coefficient (Wildman–Crippen LogP) is 2.25. The monoisotopic (exact) mass is 463 g/mol. The number of nitriles is 1. The Morgan fingerprint density at radius 3 is 2.68 bits per heavy atom. The lowest BCUT2D eigenvalue weighted by molar-refractivity contribution is 0.126. The molecule has 2 unspecified atom stereocenters. The average molecular weight is 463 g/mol. The molecule has 4 heterocycles. The smallest absolute Gasteiger partial charge is 0.414 e. The Kier molecular flexibility index (Phi) is 4.60. The van der Waals surface area contributed by atoms with Gasteiger partial charge in [-0.25, -0.2) is 13.9 Å². The lowest BCUT2D eigenvalue weighted by Gasteiger charge is -2.15. The Balaban J connectivity index is 1.19. The molecule has 1 amide bonds. The molecule has 34 heavy (non-hydrogen) atoms. The molecular formula is C23H19F2N7O2. The fourth-order valence-electron chi connectivity index (χ4n) is 5.24. The van der Waals surface area contributed by atoms with E-state index in [1.54, 1.807) is 30.5 Å². The van der Waals surface area contributed by atoms with Gasteiger partial charge in [0.1, 0.15) is 23.5 Å². The number of nitrogens with one attached hydrogen (secondary N) is 1. The molecule has 6 rings (SSSR count). The molecule has 0 spiro atoms. The molecule has 2 saturated heterocycles. The molecule has 2 aromatic heterocycles. The molecule has 0 bridgehead atoms. The number of carbonyl (C=O) groups excluding carboxylic acids is 1. The molecule has 3 aromatic rings. The van der Waals surface area contributed by atoms with Crippen LogP contribution in [0.25, 0.3) is 11.1 Å². The van der Waals surface area contributed by atoms with Crippen LogP contribution in [0.3, 0.4) is 0 Å². The number of nitrogens with zero attached hydrogens (tertiary/aromatic N) is 6. The number of amides is 1. The third kappa shape index (κ3) is 3.06. The van der Waals surface area contributed by atoms with Crippen molar-refractivity contribution in [2.24, 2.45) is 11.8 Å². The van der Waals surface area contributed by atoms with Crippen molar-refractivity contribution >= 4 is 11.8 Å². The number of cyclic esters (lactones) is 1. The molecule has 2 aliphatic heterocycles. The van der Waals surface area contributed by atoms with Gasteiger partial charge in [0.15, 0.2) is 0 Å². The SMILES string of the molecule is N#CC1(c2ccc(-c3ccc(N4C[C@H](Cn5nncc5F)OC4=O)cc3F)cn2)C2CNCC21. The first-order valence-electron chi connectivity index (χ1n) is 10.9. The van der Waals surface area contributed by atoms with Crippen LogP contribution in [-0.2, 0) is 16.7 Å². The van der Waals surface area contributed by atoms with Gasteiger partial charge in [0, 0.05) is 42.2 Å². The number of fused-ring (bicyclic) bond motifs is 1. The van der Waals surface area contributed by atoms with Gasteiger partial charge in [-0.3, -0.25) is 9.88 Å². The summed E-state index contributed by atoms with van der Waals surface area (Å²) in [5, 5.41) is 20.1. The van der Waals surface area contributed by atoms with E-state index in [0.717, 1.165) is 29.7 Å². The van der Waals surface area contributed by atoms with Gasteiger partial charge in [-0.2, -0.15) is 9.65 Å². The normalized spacial score (nSPS) is 27.4. The van der Waals surface area contributed by atoms with Crippen molar-refractivity contribution in [2.45, 2.75) is 18.1 Å². The second kappa shape index (κ2) is 7.56. The van der Waals surface area contributed by atoms with E-state index in [4.69, 9.17) is 4.74 Å². The minimum absolute atomic E-state index is 0.00855. The fourth-order valence-corrected chi connectivity index (χ4v) is 5.24. The van der Waals surface area contributed by atoms with E-state index in [-0.39, 0.29) is 24.9 Å². The third-order valence-corrected chi connectivity index (χ3v) is 7.04. The molecular weight excluding hydrogens is 444 g/mol. The Bertz CT molecular complexity index is 1310. The van der Waals surface area contributed by atoms with Crippen LogP contribution in [0.2, 0.25) is 0 Å². The molecule has 1 aromatic carbocycles. The van der Waals surface area contributed by atoms with Crippen molar-refractivity contribution in [3.05, 3.63) is 60.2 Å². The Labute approximate surface area is 193 Å². The summed E-state index contributed by atoms with van der Waals surface area (Å²) in [4.78, 5) is 18.1. The number of rotatable bonds is 5. The molecule has 9 nitrogen and oxygen atoms in total. The van der Waals surface area contributed by atoms with Crippen molar-refractivity contribution in [3.8, 4) is 17.2 Å². The number of halogens is 2. The third-order valence-electron chi connectivity index (χ3n) is 7.04. The Morgan fingerprint density at radius 1 is 1.21 bits per heavy atom. The van der Waals surface area contributed by atoms with E-state index in [1.165, 1.54) is 11.0 Å². The fraction of sp³-hybridized carbons (Fsp3) is 0.348. The molecule has 11 heteroatoms. The van der Waals surface area contributed by atoms with Crippen LogP contribution in [0.15, 0.2) is 42.7 Å². The van der Waals surface area contributed by atoms with E-state index in [1.807, 2.05) is 0 Å². The molecule has 1 N–H and O–H groups in total. The summed E-state index contributed by atoms with van der Waals surface area (Å²) in [5.41, 5.74) is 1.42. The molecule has 3 atom stereocenters. The number of aromatic nitrogens is 4. The summed E-state index contributed by atoms with van der Waals surface area (Å²) < 4.78 is 34.9. The van der Waals surface area contributed by atoms with Crippen LogP contribution in [0.1, 0.15) is 5.69 Å². The van der Waals surface area contributed by atoms with Gasteiger partial charge in [-0.15, -0.1) is 5.10 Å². The van der Waals surface area contributed by atoms with E-state index >= 15 is 4.39 Å². The van der Waals surface area contributed by atoms with Gasteiger partial charge in [0.05, 0.1) is 30.5 Å². The summed E-state index contributed by atoms with van der Waals surface area (Å²) in [6.45, 7) is 1.76. The number of pyridine rings is 1. The average Bonchev–Trinajstić information content (AvgIpc) is 3.29. The molecule has 172 valence electrons. The van der Waals surface area contributed by atoms with Crippen LogP contribution < -0.4 is 10.2 Å². The maximum atomic E-state index is 15.0. The predicted molar refractivity (Wildman–Crippen MR) is 114 cm³/mol. The highest BCUT2D eigenvalue weighted by molar-refractivity contribution is 5.90. The molecule has 1 aliphatic carbocycles. The van der Waals surface area contributed by atoms with Gasteiger partial charge in [0.2, 0.25) is 5.95 Å². The maximum absolute atomic E-state index is 15.0. The summed E-state index contributed by atoms with van der Waals surface area (Å²) in [5.74, 6) is -0.603. The first-order chi connectivity index (χ1) is 16.5. The Hall–Kier alpha value is -3.91. The number of ether oxygens (including phenoxy) is 1. The van der Waals surface area contributed by atoms with E-state index in [9.17, 15) is 14.4 Å². The van der Waals surface area contributed by atoms with E-state index < -0.39 is 29.4 Å². The van der Waals surface area contributed by atoms with Crippen LogP contribution in [0, 0.1) is 34.9 Å². The highest BCUT2D eigenvalue weighted by Gasteiger charge is 2.69. The largest absolute Gasteiger partial charge is 0.442 e. The molecule has 3 aliphatic rings. The summed E-state index contributed by atoms with van der Waals surface area (Å²) in [6.07, 6.45) is 1.26. The first-order valence-corrected chi connectivity index (χ1v) is 10.9. The highest BCUT2D eigenvalue weighted by Crippen LogP contribution is 2.60. The summed E-state index contributed by atoms with van der Waals surface area (Å²) in [7, 11) is 0. The van der Waals surface area contributed by atoms with Gasteiger partial charge < -0.3 is 10.1 Å². The van der Waals surface area contributed by atoms with Crippen molar-refractivity contribution in [1.82, 2.24) is 25.3 Å². The molecule has 0 radical (unpaired) electrons. The van der Waals surface area contributed by atoms with Crippen LogP contribution >= 0.6 is 0 Å². The lowest BCUT2D eigenvalue weighted by atomic mass is 9.96. The minimum Gasteiger partial charge on any atom is -0.442 e. The van der Waals surface area contributed by atoms with Crippen LogP contribution in [-0.4, -0.2) is 51.8 Å². The van der Waals surface area contributed by atoms with E-state index in [0.29, 0.717) is 16.8 Å². The van der Waals surface area contributed by atoms with Gasteiger partial charge >= 0.3 is 6.09 Å². The highest BCUT2D eigenvalue weighted by atomic mass is 19.1. The maximum Gasteiger partial charge on any atom is 0.414 e. The zero-order chi connectivity index (χ0) is 23.4. The second-order valence-corrected chi connectivity index (χ2v) is 8.80. The van der Waals surface area contributed by atoms with Gasteiger partial charge in [-0.1, -0.05) is 11.3 Å². The van der Waals surface area contributed by atoms with E-state index in [2.05, 4.69) is 26.7 Å². The number of hydrogen-bond acceptors (Lipinski definition) is 7. The number of carbonyl (C=O) groups is 1. The zero-order valence-corrected chi connectivity index (χ0v) is 17.9. The topological polar surface area (TPSA) is 109 Å². The quantitative estimate of drug-likeness (QED) is 0.618. The minimum atomic E-state index is -0.646. The number of benzene rings is 1. The molecule has 1 saturated carbocycles. The van der Waals surface area contributed by atoms with Gasteiger partial charge in [0.25, 0.3) is 0 Å². The van der Waals surface area contributed by atoms with Crippen molar-refractivity contribution < 1.29 is 18.3 Å². The first kappa shape index (κ1) is 20.7. The van der Waals surface area contributed by atoms with Gasteiger partial charge in [-0.05, 0) is 24.3 Å². The second-order valence-electron chi connectivity index (χ2n) is 8.80. The summed E-state index contributed by atoms with van der Waals surface area (Å²) >= 11 is 0. The number of piperidine rings is 1. The van der Waals surface area contributed by atoms with Crippen molar-refractivity contribution in [3.63, 3.8) is 0 Å². The lowest BCUT2D eigenvalue weighted by Crippen LogP contribution is -2.26. The van der Waals surface area contributed by atoms with Crippen LogP contribution in [0.5, 0.6) is 0 Å². The standard InChI is InChI=1S/C23H19F2N7O2/c24-19-5-14(31-10-15(34-22(31)33)11-32-21(25)9-29-30-32)2-3-16(19)13-1-4-20(28-6-13)23(12-26)17-7-27-8-18(17)23/h1-6,9,15,17-18,27H,7-8,10-11H2/t15-,17?,18?,23?/m1/s1. The van der Waals surface area contributed by atoms with Crippen LogP contribution in [0.4, 0.5) is 19.3 Å².